The number of hydrogen-bond donors (Lipinski definition) is 2. The molecule has 0 aromatic rings. The number of rotatable bonds is 21. The summed E-state index contributed by atoms with van der Waals surface area (Å²) in [5.74, 6) is -0.140. The Morgan fingerprint density at radius 1 is 0.780 bits per heavy atom. The molecule has 10 nitrogen and oxygen atoms in total. The molecule has 2 amide bonds. The van der Waals surface area contributed by atoms with Crippen molar-refractivity contribution in [3.63, 3.8) is 0 Å². The van der Waals surface area contributed by atoms with Crippen LogP contribution >= 0.6 is 11.8 Å². The Labute approximate surface area is 258 Å². The van der Waals surface area contributed by atoms with Crippen LogP contribution in [0.3, 0.4) is 0 Å². The quantitative estimate of drug-likeness (QED) is 0.152. The summed E-state index contributed by atoms with van der Waals surface area (Å²) in [7, 11) is 0. The van der Waals surface area contributed by atoms with Gasteiger partial charge in [-0.25, -0.2) is 4.79 Å². The van der Waals surface area contributed by atoms with Crippen molar-refractivity contribution < 1.29 is 40.9 Å². The number of alkyl carbamates (subject to hydrolysis) is 1. The van der Waals surface area contributed by atoms with E-state index in [1.807, 2.05) is 11.8 Å². The molecular formula is C30H66N2O8S. The van der Waals surface area contributed by atoms with Crippen LogP contribution in [-0.4, -0.2) is 100 Å². The zero-order chi connectivity index (χ0) is 29.1. The molecule has 1 fully saturated rings. The Hall–Kier alpha value is -1.40. The minimum Gasteiger partial charge on any atom is -0.447 e. The van der Waals surface area contributed by atoms with Crippen LogP contribution in [0.5, 0.6) is 0 Å². The van der Waals surface area contributed by atoms with Crippen LogP contribution in [0, 0.1) is 0 Å². The van der Waals surface area contributed by atoms with E-state index in [9.17, 15) is 14.4 Å². The predicted molar refractivity (Wildman–Crippen MR) is 173 cm³/mol. The summed E-state index contributed by atoms with van der Waals surface area (Å²) in [6, 6.07) is 0.210. The minimum absolute atomic E-state index is 0. The summed E-state index contributed by atoms with van der Waals surface area (Å²) in [6.45, 7) is 14.2. The topological polar surface area (TPSA) is 121 Å². The standard InChI is InChI=1S/C25H46N2O8S.C3H8.2CH4.2H2/c1-20(2)36-23-7-5-22(6-8-23)27-25(30)35-19-18-34-17-16-33-15-14-32-13-12-31-11-10-26-24(29)9-4-21(3)28;1-3-2;;;;/h20,22-23H,4-19H2,1-3H3,(H,26,29)(H,27,30);3H2,1-2H3;2*1H4;2*1H. The van der Waals surface area contributed by atoms with E-state index in [0.29, 0.717) is 69.9 Å². The van der Waals surface area contributed by atoms with Crippen LogP contribution in [0.4, 0.5) is 4.79 Å². The lowest BCUT2D eigenvalue weighted by atomic mass is 9.95. The first-order chi connectivity index (χ1) is 18.8. The van der Waals surface area contributed by atoms with Gasteiger partial charge in [-0.3, -0.25) is 4.79 Å². The average molecular weight is 615 g/mol. The van der Waals surface area contributed by atoms with Crippen molar-refractivity contribution >= 4 is 29.5 Å². The normalized spacial score (nSPS) is 16.0. The highest BCUT2D eigenvalue weighted by atomic mass is 32.2. The number of hydrogen-bond acceptors (Lipinski definition) is 9. The molecule has 250 valence electrons. The third kappa shape index (κ3) is 31.4. The lowest BCUT2D eigenvalue weighted by Crippen LogP contribution is -2.39. The van der Waals surface area contributed by atoms with Crippen LogP contribution in [0.25, 0.3) is 0 Å². The molecule has 1 rings (SSSR count). The molecule has 1 saturated carbocycles. The number of nitrogens with one attached hydrogen (secondary N) is 2. The highest BCUT2D eigenvalue weighted by molar-refractivity contribution is 8.00. The molecule has 41 heavy (non-hydrogen) atoms. The van der Waals surface area contributed by atoms with E-state index in [1.54, 1.807) is 0 Å². The second-order valence-corrected chi connectivity index (χ2v) is 11.5. The Morgan fingerprint density at radius 3 is 1.71 bits per heavy atom. The van der Waals surface area contributed by atoms with Crippen molar-refractivity contribution in [1.29, 1.82) is 0 Å². The molecule has 0 heterocycles. The van der Waals surface area contributed by atoms with Gasteiger partial charge in [0.05, 0.1) is 52.9 Å². The Balaban J connectivity index is -0.000000658. The van der Waals surface area contributed by atoms with Crippen LogP contribution in [0.1, 0.15) is 97.3 Å². The molecular weight excluding hydrogens is 548 g/mol. The van der Waals surface area contributed by atoms with E-state index in [0.717, 1.165) is 25.7 Å². The monoisotopic (exact) mass is 614 g/mol. The van der Waals surface area contributed by atoms with Gasteiger partial charge in [-0.1, -0.05) is 49.0 Å². The van der Waals surface area contributed by atoms with E-state index in [4.69, 9.17) is 23.7 Å². The first-order valence-corrected chi connectivity index (χ1v) is 15.4. The number of ketones is 1. The zero-order valence-corrected chi connectivity index (χ0v) is 25.7. The van der Waals surface area contributed by atoms with E-state index in [-0.39, 0.29) is 61.0 Å². The SMILES string of the molecule is C.C.CC(=O)CCC(=O)NCCOCCOCCOCCOCCOC(=O)NC1CCC(SC(C)C)CC1.CCC.[HH].[HH]. The Morgan fingerprint density at radius 2 is 1.24 bits per heavy atom. The summed E-state index contributed by atoms with van der Waals surface area (Å²) >= 11 is 2.03. The van der Waals surface area contributed by atoms with Crippen molar-refractivity contribution in [3.8, 4) is 0 Å². The molecule has 0 radical (unpaired) electrons. The smallest absolute Gasteiger partial charge is 0.407 e. The number of carbonyl (C=O) groups is 3. The maximum Gasteiger partial charge on any atom is 0.407 e. The lowest BCUT2D eigenvalue weighted by Gasteiger charge is -2.29. The number of Topliss-reactive ketones (excluding diaryl/α,β-unsaturated/α-hetero) is 1. The fourth-order valence-electron chi connectivity index (χ4n) is 3.53. The number of ether oxygens (including phenoxy) is 5. The van der Waals surface area contributed by atoms with Gasteiger partial charge < -0.3 is 39.1 Å². The average Bonchev–Trinajstić information content (AvgIpc) is 2.88. The molecule has 0 spiro atoms. The molecule has 0 saturated heterocycles. The van der Waals surface area contributed by atoms with E-state index < -0.39 is 0 Å². The van der Waals surface area contributed by atoms with E-state index in [2.05, 4.69) is 38.3 Å². The van der Waals surface area contributed by atoms with Gasteiger partial charge in [0.25, 0.3) is 0 Å². The fraction of sp³-hybridized carbons (Fsp3) is 0.900. The third-order valence-electron chi connectivity index (χ3n) is 5.31. The first kappa shape index (κ1) is 44.0. The second kappa shape index (κ2) is 31.5. The molecule has 0 atom stereocenters. The molecule has 0 aromatic heterocycles. The maximum atomic E-state index is 11.9. The molecule has 0 aromatic carbocycles. The Kier molecular flexibility index (Phi) is 33.9. The molecule has 1 aliphatic rings. The van der Waals surface area contributed by atoms with Crippen LogP contribution < -0.4 is 10.6 Å². The zero-order valence-electron chi connectivity index (χ0n) is 24.9. The highest BCUT2D eigenvalue weighted by Gasteiger charge is 2.23. The molecule has 0 bridgehead atoms. The highest BCUT2D eigenvalue weighted by Crippen LogP contribution is 2.31. The summed E-state index contributed by atoms with van der Waals surface area (Å²) in [4.78, 5) is 34.1. The van der Waals surface area contributed by atoms with Crippen LogP contribution in [0.2, 0.25) is 0 Å². The number of carbonyl (C=O) groups excluding carboxylic acids is 3. The van der Waals surface area contributed by atoms with Gasteiger partial charge in [0.15, 0.2) is 0 Å². The maximum absolute atomic E-state index is 11.9. The summed E-state index contributed by atoms with van der Waals surface area (Å²) in [5.41, 5.74) is 0. The van der Waals surface area contributed by atoms with Crippen molar-refractivity contribution in [2.45, 2.75) is 111 Å². The van der Waals surface area contributed by atoms with E-state index >= 15 is 0 Å². The minimum atomic E-state index is -0.370. The Bertz CT molecular complexity index is 629. The van der Waals surface area contributed by atoms with Gasteiger partial charge in [-0.2, -0.15) is 11.8 Å². The molecule has 0 aliphatic heterocycles. The summed E-state index contributed by atoms with van der Waals surface area (Å²) in [5, 5.41) is 7.00. The van der Waals surface area contributed by atoms with Gasteiger partial charge in [0, 0.05) is 33.5 Å². The predicted octanol–water partition coefficient (Wildman–Crippen LogP) is 5.90. The fourth-order valence-corrected chi connectivity index (χ4v) is 4.85. The van der Waals surface area contributed by atoms with Gasteiger partial charge in [-0.05, 0) is 37.9 Å². The summed E-state index contributed by atoms with van der Waals surface area (Å²) in [6.07, 6.45) is 5.66. The van der Waals surface area contributed by atoms with Gasteiger partial charge in [0.2, 0.25) is 5.91 Å². The van der Waals surface area contributed by atoms with Crippen molar-refractivity contribution in [1.82, 2.24) is 10.6 Å². The van der Waals surface area contributed by atoms with Gasteiger partial charge in [0.1, 0.15) is 12.4 Å². The largest absolute Gasteiger partial charge is 0.447 e. The second-order valence-electron chi connectivity index (χ2n) is 9.65. The molecule has 11 heteroatoms. The van der Waals surface area contributed by atoms with Gasteiger partial charge in [-0.15, -0.1) is 0 Å². The van der Waals surface area contributed by atoms with Crippen molar-refractivity contribution in [2.24, 2.45) is 0 Å². The van der Waals surface area contributed by atoms with Crippen molar-refractivity contribution in [3.05, 3.63) is 0 Å². The summed E-state index contributed by atoms with van der Waals surface area (Å²) < 4.78 is 26.8. The molecule has 0 unspecified atom stereocenters. The van der Waals surface area contributed by atoms with Gasteiger partial charge >= 0.3 is 6.09 Å². The number of amides is 2. The third-order valence-corrected chi connectivity index (χ3v) is 6.71. The number of thioether (sulfide) groups is 1. The lowest BCUT2D eigenvalue weighted by molar-refractivity contribution is -0.124. The van der Waals surface area contributed by atoms with Crippen LogP contribution in [-0.2, 0) is 33.3 Å². The molecule has 2 N–H and O–H groups in total. The van der Waals surface area contributed by atoms with Crippen molar-refractivity contribution in [2.75, 3.05) is 66.0 Å². The first-order valence-electron chi connectivity index (χ1n) is 14.4. The van der Waals surface area contributed by atoms with Crippen LogP contribution in [0.15, 0.2) is 0 Å². The molecule has 1 aliphatic carbocycles. The van der Waals surface area contributed by atoms with E-state index in [1.165, 1.54) is 13.3 Å².